The summed E-state index contributed by atoms with van der Waals surface area (Å²) >= 11 is 8.11. The van der Waals surface area contributed by atoms with Gasteiger partial charge in [0.15, 0.2) is 5.16 Å². The molecule has 0 amide bonds. The van der Waals surface area contributed by atoms with Crippen LogP contribution in [0.1, 0.15) is 11.3 Å². The molecule has 8 nitrogen and oxygen atoms in total. The number of rotatable bonds is 7. The van der Waals surface area contributed by atoms with E-state index in [1.165, 1.54) is 11.8 Å². The highest BCUT2D eigenvalue weighted by Crippen LogP contribution is 2.37. The normalized spacial score (nSPS) is 14.0. The minimum absolute atomic E-state index is 0.448. The highest BCUT2D eigenvalue weighted by atomic mass is 35.5. The van der Waals surface area contributed by atoms with E-state index in [9.17, 15) is 5.26 Å². The molecule has 10 heteroatoms. The van der Waals surface area contributed by atoms with Crippen LogP contribution in [0.2, 0.25) is 5.02 Å². The molecule has 0 aliphatic carbocycles. The number of aryl methyl sites for hydroxylation is 1. The van der Waals surface area contributed by atoms with Crippen LogP contribution >= 0.6 is 23.4 Å². The van der Waals surface area contributed by atoms with Crippen LogP contribution in [0, 0.1) is 11.3 Å². The molecule has 1 saturated heterocycles. The molecule has 0 bridgehead atoms. The lowest BCUT2D eigenvalue weighted by Gasteiger charge is -2.25. The summed E-state index contributed by atoms with van der Waals surface area (Å²) in [6.45, 7) is 4.08. The Morgan fingerprint density at radius 3 is 2.74 bits per heavy atom. The fourth-order valence-electron chi connectivity index (χ4n) is 4.52. The van der Waals surface area contributed by atoms with Crippen molar-refractivity contribution in [3.8, 4) is 17.4 Å². The topological polar surface area (TPSA) is 92.1 Å². The Balaban J connectivity index is 1.25. The molecule has 3 aromatic heterocycles. The summed E-state index contributed by atoms with van der Waals surface area (Å²) in [6.07, 6.45) is 5.24. The van der Waals surface area contributed by atoms with Crippen molar-refractivity contribution in [3.63, 3.8) is 0 Å². The summed E-state index contributed by atoms with van der Waals surface area (Å²) in [6, 6.07) is 18.0. The van der Waals surface area contributed by atoms with E-state index >= 15 is 0 Å². The third kappa shape index (κ3) is 5.51. The molecule has 6 rings (SSSR count). The van der Waals surface area contributed by atoms with Gasteiger partial charge < -0.3 is 19.0 Å². The first-order chi connectivity index (χ1) is 19.1. The number of imidazole rings is 1. The third-order valence-corrected chi connectivity index (χ3v) is 8.17. The molecule has 2 aromatic carbocycles. The van der Waals surface area contributed by atoms with Crippen molar-refractivity contribution >= 4 is 45.6 Å². The smallest absolute Gasteiger partial charge is 0.172 e. The fourth-order valence-corrected chi connectivity index (χ4v) is 5.62. The van der Waals surface area contributed by atoms with Gasteiger partial charge in [0.05, 0.1) is 41.5 Å². The molecule has 1 aliphatic heterocycles. The van der Waals surface area contributed by atoms with Crippen LogP contribution in [0.3, 0.4) is 0 Å². The molecule has 0 unspecified atom stereocenters. The van der Waals surface area contributed by atoms with E-state index in [-0.39, 0.29) is 0 Å². The minimum atomic E-state index is 0.448. The van der Waals surface area contributed by atoms with Gasteiger partial charge in [0.1, 0.15) is 17.6 Å². The highest BCUT2D eigenvalue weighted by Gasteiger charge is 2.16. The van der Waals surface area contributed by atoms with Gasteiger partial charge in [0, 0.05) is 60.3 Å². The maximum Gasteiger partial charge on any atom is 0.172 e. The minimum Gasteiger partial charge on any atom is -0.460 e. The van der Waals surface area contributed by atoms with Gasteiger partial charge in [-0.05, 0) is 42.5 Å². The Bertz CT molecular complexity index is 1690. The molecule has 4 heterocycles. The molecule has 1 aliphatic rings. The number of hydrogen-bond donors (Lipinski definition) is 1. The SMILES string of the molecule is Cn1ccnc1Sc1ccc(Nc2c(C#N)cnc3cc(-c4ccc(CN5CCOCC5)o4)ccc23)cc1Cl. The molecule has 5 aromatic rings. The monoisotopic (exact) mass is 556 g/mol. The van der Waals surface area contributed by atoms with Crippen molar-refractivity contribution in [3.05, 3.63) is 83.5 Å². The fraction of sp³-hybridized carbons (Fsp3) is 0.207. The van der Waals surface area contributed by atoms with Crippen molar-refractivity contribution in [1.29, 1.82) is 5.26 Å². The number of furan rings is 1. The van der Waals surface area contributed by atoms with E-state index in [4.69, 9.17) is 20.8 Å². The number of anilines is 2. The number of pyridine rings is 1. The predicted molar refractivity (Wildman–Crippen MR) is 152 cm³/mol. The summed E-state index contributed by atoms with van der Waals surface area (Å²) in [5, 5.41) is 15.5. The van der Waals surface area contributed by atoms with Gasteiger partial charge in [-0.3, -0.25) is 9.88 Å². The zero-order valence-electron chi connectivity index (χ0n) is 21.2. The second-order valence-corrected chi connectivity index (χ2v) is 10.7. The van der Waals surface area contributed by atoms with E-state index in [1.54, 1.807) is 12.4 Å². The number of ether oxygens (including phenoxy) is 1. The number of nitrogens with zero attached hydrogens (tertiary/aromatic N) is 5. The van der Waals surface area contributed by atoms with Gasteiger partial charge in [-0.25, -0.2) is 4.98 Å². The van der Waals surface area contributed by atoms with Crippen LogP contribution in [-0.4, -0.2) is 45.7 Å². The molecule has 0 atom stereocenters. The number of hydrogen-bond acceptors (Lipinski definition) is 8. The van der Waals surface area contributed by atoms with E-state index in [1.807, 2.05) is 66.3 Å². The van der Waals surface area contributed by atoms with Crippen LogP contribution in [-0.2, 0) is 18.3 Å². The summed E-state index contributed by atoms with van der Waals surface area (Å²) < 4.78 is 13.5. The van der Waals surface area contributed by atoms with Gasteiger partial charge in [-0.15, -0.1) is 0 Å². The maximum absolute atomic E-state index is 9.80. The zero-order valence-corrected chi connectivity index (χ0v) is 22.8. The van der Waals surface area contributed by atoms with Crippen LogP contribution in [0.15, 0.2) is 81.6 Å². The third-order valence-electron chi connectivity index (χ3n) is 6.60. The van der Waals surface area contributed by atoms with Gasteiger partial charge in [0.25, 0.3) is 0 Å². The molecule has 196 valence electrons. The summed E-state index contributed by atoms with van der Waals surface area (Å²) in [5.74, 6) is 1.71. The van der Waals surface area contributed by atoms with E-state index < -0.39 is 0 Å². The number of fused-ring (bicyclic) bond motifs is 1. The van der Waals surface area contributed by atoms with E-state index in [0.29, 0.717) is 16.3 Å². The van der Waals surface area contributed by atoms with Gasteiger partial charge in [0.2, 0.25) is 0 Å². The van der Waals surface area contributed by atoms with Crippen molar-refractivity contribution < 1.29 is 9.15 Å². The number of halogens is 1. The predicted octanol–water partition coefficient (Wildman–Crippen LogP) is 6.48. The number of benzene rings is 2. The lowest BCUT2D eigenvalue weighted by Crippen LogP contribution is -2.35. The van der Waals surface area contributed by atoms with Crippen LogP contribution in [0.5, 0.6) is 0 Å². The summed E-state index contributed by atoms with van der Waals surface area (Å²) in [7, 11) is 1.94. The second kappa shape index (κ2) is 11.1. The van der Waals surface area contributed by atoms with E-state index in [0.717, 1.165) is 76.6 Å². The van der Waals surface area contributed by atoms with Crippen molar-refractivity contribution in [2.45, 2.75) is 16.6 Å². The number of morpholine rings is 1. The maximum atomic E-state index is 9.80. The average molecular weight is 557 g/mol. The van der Waals surface area contributed by atoms with Crippen molar-refractivity contribution in [2.24, 2.45) is 7.05 Å². The quantitative estimate of drug-likeness (QED) is 0.243. The van der Waals surface area contributed by atoms with Gasteiger partial charge >= 0.3 is 0 Å². The molecular formula is C29H25ClN6O2S. The summed E-state index contributed by atoms with van der Waals surface area (Å²) in [5.41, 5.74) is 3.59. The lowest BCUT2D eigenvalue weighted by molar-refractivity contribution is 0.0314. The summed E-state index contributed by atoms with van der Waals surface area (Å²) in [4.78, 5) is 12.1. The molecule has 1 fully saturated rings. The number of nitriles is 1. The average Bonchev–Trinajstić information content (AvgIpc) is 3.59. The Morgan fingerprint density at radius 1 is 1.10 bits per heavy atom. The van der Waals surface area contributed by atoms with Crippen molar-refractivity contribution in [1.82, 2.24) is 19.4 Å². The van der Waals surface area contributed by atoms with E-state index in [2.05, 4.69) is 26.3 Å². The number of aromatic nitrogens is 3. The van der Waals surface area contributed by atoms with Gasteiger partial charge in [-0.1, -0.05) is 29.4 Å². The molecule has 39 heavy (non-hydrogen) atoms. The molecule has 1 N–H and O–H groups in total. The zero-order chi connectivity index (χ0) is 26.8. The first-order valence-electron chi connectivity index (χ1n) is 12.5. The van der Waals surface area contributed by atoms with Crippen molar-refractivity contribution in [2.75, 3.05) is 31.6 Å². The Morgan fingerprint density at radius 2 is 1.97 bits per heavy atom. The van der Waals surface area contributed by atoms with Crippen LogP contribution in [0.25, 0.3) is 22.2 Å². The van der Waals surface area contributed by atoms with Gasteiger partial charge in [-0.2, -0.15) is 5.26 Å². The Kier molecular flexibility index (Phi) is 7.26. The largest absolute Gasteiger partial charge is 0.460 e. The second-order valence-electron chi connectivity index (χ2n) is 9.24. The molecule has 0 saturated carbocycles. The van der Waals surface area contributed by atoms with Crippen LogP contribution in [0.4, 0.5) is 11.4 Å². The first kappa shape index (κ1) is 25.5. The first-order valence-corrected chi connectivity index (χ1v) is 13.7. The van der Waals surface area contributed by atoms with Crippen LogP contribution < -0.4 is 5.32 Å². The molecule has 0 spiro atoms. The molecular weight excluding hydrogens is 532 g/mol. The molecule has 0 radical (unpaired) electrons. The Labute approximate surface area is 235 Å². The lowest BCUT2D eigenvalue weighted by atomic mass is 10.1. The standard InChI is InChI=1S/C29H25ClN6O2S/c1-35-9-8-32-29(35)39-27-7-3-21(15-24(27)30)34-28-20(16-31)17-33-25-14-19(2-5-23(25)28)26-6-4-22(38-26)18-36-10-12-37-13-11-36/h2-9,14-15,17H,10-13,18H2,1H3,(H,33,34). The Hall–Kier alpha value is -3.81. The number of nitrogens with one attached hydrogen (secondary N) is 1. The highest BCUT2D eigenvalue weighted by molar-refractivity contribution is 7.99.